The van der Waals surface area contributed by atoms with Crippen LogP contribution in [-0.4, -0.2) is 54.6 Å². The number of likely N-dealkylation sites (N-methyl/N-ethyl adjacent to an activating group) is 1. The second-order valence-corrected chi connectivity index (χ2v) is 7.09. The van der Waals surface area contributed by atoms with Gasteiger partial charge in [-0.05, 0) is 52.5 Å². The average molecular weight is 267 g/mol. The van der Waals surface area contributed by atoms with E-state index in [-0.39, 0.29) is 5.54 Å². The van der Waals surface area contributed by atoms with Gasteiger partial charge >= 0.3 is 0 Å². The van der Waals surface area contributed by atoms with Gasteiger partial charge in [0.1, 0.15) is 0 Å². The molecule has 0 radical (unpaired) electrons. The van der Waals surface area contributed by atoms with Crippen LogP contribution < -0.4 is 5.73 Å². The monoisotopic (exact) mass is 267 g/mol. The van der Waals surface area contributed by atoms with Crippen LogP contribution >= 0.6 is 0 Å². The minimum Gasteiger partial charge on any atom is -0.329 e. The summed E-state index contributed by atoms with van der Waals surface area (Å²) in [4.78, 5) is 5.21. The van der Waals surface area contributed by atoms with Crippen molar-refractivity contribution in [1.29, 1.82) is 0 Å². The summed E-state index contributed by atoms with van der Waals surface area (Å²) in [5.74, 6) is 0.927. The van der Waals surface area contributed by atoms with E-state index in [1.807, 2.05) is 0 Å². The fourth-order valence-electron chi connectivity index (χ4n) is 3.97. The molecule has 0 aromatic carbocycles. The maximum atomic E-state index is 6.17. The molecule has 3 heteroatoms. The van der Waals surface area contributed by atoms with E-state index in [0.717, 1.165) is 12.5 Å². The number of likely N-dealkylation sites (tertiary alicyclic amines) is 1. The average Bonchev–Trinajstić information content (AvgIpc) is 2.91. The lowest BCUT2D eigenvalue weighted by molar-refractivity contribution is 0.0260. The summed E-state index contributed by atoms with van der Waals surface area (Å²) in [7, 11) is 2.32. The van der Waals surface area contributed by atoms with Gasteiger partial charge in [-0.3, -0.25) is 4.90 Å². The molecule has 19 heavy (non-hydrogen) atoms. The molecular formula is C16H33N3. The molecule has 2 rings (SSSR count). The Morgan fingerprint density at radius 1 is 1.21 bits per heavy atom. The van der Waals surface area contributed by atoms with Gasteiger partial charge in [-0.1, -0.05) is 12.8 Å². The molecule has 1 aliphatic heterocycles. The molecule has 2 fully saturated rings. The lowest BCUT2D eigenvalue weighted by Gasteiger charge is -2.48. The van der Waals surface area contributed by atoms with Crippen molar-refractivity contribution >= 4 is 0 Å². The molecule has 0 amide bonds. The Balaban J connectivity index is 1.90. The minimum atomic E-state index is 0.272. The maximum absolute atomic E-state index is 6.17. The van der Waals surface area contributed by atoms with Crippen LogP contribution in [0, 0.1) is 5.92 Å². The standard InChI is InChI=1S/C16H33N3/c1-14(2)19-10-8-16(13-17,9-11-19)18(3)12-15-6-4-5-7-15/h14-15H,4-13,17H2,1-3H3. The first kappa shape index (κ1) is 15.3. The summed E-state index contributed by atoms with van der Waals surface area (Å²) in [5.41, 5.74) is 6.45. The zero-order valence-corrected chi connectivity index (χ0v) is 13.2. The van der Waals surface area contributed by atoms with Crippen LogP contribution in [0.25, 0.3) is 0 Å². The van der Waals surface area contributed by atoms with E-state index in [9.17, 15) is 0 Å². The van der Waals surface area contributed by atoms with Crippen molar-refractivity contribution in [3.05, 3.63) is 0 Å². The zero-order valence-electron chi connectivity index (χ0n) is 13.2. The third-order valence-electron chi connectivity index (χ3n) is 5.66. The molecule has 2 N–H and O–H groups in total. The van der Waals surface area contributed by atoms with E-state index in [1.54, 1.807) is 0 Å². The topological polar surface area (TPSA) is 32.5 Å². The summed E-state index contributed by atoms with van der Waals surface area (Å²) < 4.78 is 0. The van der Waals surface area contributed by atoms with Gasteiger partial charge < -0.3 is 10.6 Å². The van der Waals surface area contributed by atoms with Crippen molar-refractivity contribution in [3.8, 4) is 0 Å². The van der Waals surface area contributed by atoms with Crippen molar-refractivity contribution < 1.29 is 0 Å². The smallest absolute Gasteiger partial charge is 0.0353 e. The van der Waals surface area contributed by atoms with Gasteiger partial charge in [0.05, 0.1) is 0 Å². The van der Waals surface area contributed by atoms with E-state index in [1.165, 1.54) is 58.2 Å². The largest absolute Gasteiger partial charge is 0.329 e. The summed E-state index contributed by atoms with van der Waals surface area (Å²) in [6.45, 7) is 9.12. The second kappa shape index (κ2) is 6.55. The third kappa shape index (κ3) is 3.50. The van der Waals surface area contributed by atoms with Crippen LogP contribution in [0.2, 0.25) is 0 Å². The van der Waals surface area contributed by atoms with E-state index in [4.69, 9.17) is 5.73 Å². The molecule has 1 saturated carbocycles. The molecule has 2 aliphatic rings. The SMILES string of the molecule is CC(C)N1CCC(CN)(N(C)CC2CCCC2)CC1. The van der Waals surface area contributed by atoms with Gasteiger partial charge in [0.25, 0.3) is 0 Å². The summed E-state index contributed by atoms with van der Waals surface area (Å²) in [6.07, 6.45) is 8.23. The molecule has 3 nitrogen and oxygen atoms in total. The Hall–Kier alpha value is -0.120. The first-order valence-corrected chi connectivity index (χ1v) is 8.23. The van der Waals surface area contributed by atoms with Crippen LogP contribution in [0.4, 0.5) is 0 Å². The first-order valence-electron chi connectivity index (χ1n) is 8.23. The molecule has 112 valence electrons. The number of hydrogen-bond donors (Lipinski definition) is 1. The number of nitrogens with two attached hydrogens (primary N) is 1. The predicted octanol–water partition coefficient (Wildman–Crippen LogP) is 2.31. The van der Waals surface area contributed by atoms with Crippen molar-refractivity contribution in [2.75, 3.05) is 33.2 Å². The third-order valence-corrected chi connectivity index (χ3v) is 5.66. The minimum absolute atomic E-state index is 0.272. The van der Waals surface area contributed by atoms with E-state index in [2.05, 4.69) is 30.7 Å². The Kier molecular flexibility index (Phi) is 5.27. The summed E-state index contributed by atoms with van der Waals surface area (Å²) in [6, 6.07) is 0.677. The van der Waals surface area contributed by atoms with Gasteiger partial charge in [0.15, 0.2) is 0 Å². The highest BCUT2D eigenvalue weighted by Crippen LogP contribution is 2.32. The first-order chi connectivity index (χ1) is 9.07. The lowest BCUT2D eigenvalue weighted by atomic mass is 9.84. The maximum Gasteiger partial charge on any atom is 0.0353 e. The molecule has 1 heterocycles. The Morgan fingerprint density at radius 2 is 1.79 bits per heavy atom. The highest BCUT2D eigenvalue weighted by Gasteiger charge is 2.38. The van der Waals surface area contributed by atoms with Crippen molar-refractivity contribution in [1.82, 2.24) is 9.80 Å². The van der Waals surface area contributed by atoms with Gasteiger partial charge in [0.2, 0.25) is 0 Å². The van der Waals surface area contributed by atoms with E-state index < -0.39 is 0 Å². The van der Waals surface area contributed by atoms with Crippen molar-refractivity contribution in [3.63, 3.8) is 0 Å². The fourth-order valence-corrected chi connectivity index (χ4v) is 3.97. The molecule has 0 bridgehead atoms. The predicted molar refractivity (Wildman–Crippen MR) is 82.3 cm³/mol. The van der Waals surface area contributed by atoms with Crippen LogP contribution in [0.15, 0.2) is 0 Å². The van der Waals surface area contributed by atoms with E-state index >= 15 is 0 Å². The summed E-state index contributed by atoms with van der Waals surface area (Å²) in [5, 5.41) is 0. The Bertz CT molecular complexity index is 263. The number of piperidine rings is 1. The summed E-state index contributed by atoms with van der Waals surface area (Å²) >= 11 is 0. The van der Waals surface area contributed by atoms with Crippen LogP contribution in [0.5, 0.6) is 0 Å². The Labute approximate surface area is 119 Å². The molecule has 0 atom stereocenters. The van der Waals surface area contributed by atoms with Gasteiger partial charge in [-0.25, -0.2) is 0 Å². The quantitative estimate of drug-likeness (QED) is 0.829. The van der Waals surface area contributed by atoms with Crippen molar-refractivity contribution in [2.24, 2.45) is 11.7 Å². The van der Waals surface area contributed by atoms with Gasteiger partial charge in [0, 0.05) is 37.8 Å². The Morgan fingerprint density at radius 3 is 2.26 bits per heavy atom. The molecule has 0 spiro atoms. The van der Waals surface area contributed by atoms with Crippen molar-refractivity contribution in [2.45, 2.75) is 64.0 Å². The van der Waals surface area contributed by atoms with Gasteiger partial charge in [-0.15, -0.1) is 0 Å². The molecule has 1 aliphatic carbocycles. The number of hydrogen-bond acceptors (Lipinski definition) is 3. The fraction of sp³-hybridized carbons (Fsp3) is 1.00. The number of nitrogens with zero attached hydrogens (tertiary/aromatic N) is 2. The highest BCUT2D eigenvalue weighted by atomic mass is 15.2. The van der Waals surface area contributed by atoms with Crippen LogP contribution in [-0.2, 0) is 0 Å². The molecule has 1 saturated heterocycles. The van der Waals surface area contributed by atoms with Gasteiger partial charge in [-0.2, -0.15) is 0 Å². The zero-order chi connectivity index (χ0) is 13.9. The molecule has 0 aromatic rings. The van der Waals surface area contributed by atoms with Crippen LogP contribution in [0.3, 0.4) is 0 Å². The highest BCUT2D eigenvalue weighted by molar-refractivity contribution is 4.96. The molecule has 0 aromatic heterocycles. The molecular weight excluding hydrogens is 234 g/mol. The number of rotatable bonds is 5. The van der Waals surface area contributed by atoms with E-state index in [0.29, 0.717) is 6.04 Å². The lowest BCUT2D eigenvalue weighted by Crippen LogP contribution is -2.59. The molecule has 0 unspecified atom stereocenters. The normalized spacial score (nSPS) is 25.6. The second-order valence-electron chi connectivity index (χ2n) is 7.09. The van der Waals surface area contributed by atoms with Crippen LogP contribution in [0.1, 0.15) is 52.4 Å².